The van der Waals surface area contributed by atoms with Crippen LogP contribution in [0.3, 0.4) is 0 Å². The minimum Gasteiger partial charge on any atom is -0.550 e. The summed E-state index contributed by atoms with van der Waals surface area (Å²) in [6.45, 7) is 8.44. The van der Waals surface area contributed by atoms with E-state index in [2.05, 4.69) is 30.8 Å². The summed E-state index contributed by atoms with van der Waals surface area (Å²) >= 11 is 0. The largest absolute Gasteiger partial charge is 1.00 e. The number of rotatable bonds is 8. The van der Waals surface area contributed by atoms with Crippen molar-refractivity contribution in [2.45, 2.75) is 77.9 Å². The van der Waals surface area contributed by atoms with Gasteiger partial charge in [0.2, 0.25) is 0 Å². The van der Waals surface area contributed by atoms with E-state index in [-0.39, 0.29) is 65.3 Å². The Bertz CT molecular complexity index is 1350. The Labute approximate surface area is 271 Å². The predicted molar refractivity (Wildman–Crippen MR) is 147 cm³/mol. The fourth-order valence-electron chi connectivity index (χ4n) is 5.89. The van der Waals surface area contributed by atoms with Crippen molar-refractivity contribution in [1.82, 2.24) is 10.2 Å². The van der Waals surface area contributed by atoms with Crippen LogP contribution in [0.4, 0.5) is 13.2 Å². The van der Waals surface area contributed by atoms with Crippen molar-refractivity contribution in [3.63, 3.8) is 0 Å². The van der Waals surface area contributed by atoms with E-state index in [0.29, 0.717) is 29.9 Å². The van der Waals surface area contributed by atoms with Gasteiger partial charge in [-0.15, -0.1) is 13.2 Å². The third kappa shape index (κ3) is 8.19. The van der Waals surface area contributed by atoms with Crippen molar-refractivity contribution in [2.75, 3.05) is 6.54 Å². The number of amides is 2. The molecule has 2 amide bonds. The van der Waals surface area contributed by atoms with Crippen LogP contribution < -0.4 is 44.7 Å². The molecular formula is C31H35F3N3NaO5. The molecular weight excluding hydrogens is 574 g/mol. The van der Waals surface area contributed by atoms with Crippen LogP contribution in [0.15, 0.2) is 53.5 Å². The Kier molecular flexibility index (Phi) is 10.8. The number of benzene rings is 2. The van der Waals surface area contributed by atoms with Crippen LogP contribution in [-0.4, -0.2) is 47.0 Å². The van der Waals surface area contributed by atoms with Crippen molar-refractivity contribution < 1.29 is 67.0 Å². The second kappa shape index (κ2) is 13.4. The summed E-state index contributed by atoms with van der Waals surface area (Å²) in [5.41, 5.74) is 1.01. The minimum atomic E-state index is -4.82. The van der Waals surface area contributed by atoms with E-state index in [4.69, 9.17) is 4.99 Å². The summed E-state index contributed by atoms with van der Waals surface area (Å²) in [5, 5.41) is 13.1. The van der Waals surface area contributed by atoms with Crippen molar-refractivity contribution in [1.29, 1.82) is 0 Å². The first kappa shape index (κ1) is 34.6. The molecule has 226 valence electrons. The maximum absolute atomic E-state index is 14.0. The first-order valence-corrected chi connectivity index (χ1v) is 14.0. The van der Waals surface area contributed by atoms with Gasteiger partial charge in [-0.25, -0.2) is 0 Å². The van der Waals surface area contributed by atoms with Gasteiger partial charge in [-0.2, -0.15) is 0 Å². The fraction of sp³-hybridized carbons (Fsp3) is 0.484. The molecule has 2 aliphatic rings. The first-order valence-electron chi connectivity index (χ1n) is 14.0. The molecule has 1 fully saturated rings. The van der Waals surface area contributed by atoms with E-state index in [0.717, 1.165) is 18.4 Å². The summed E-state index contributed by atoms with van der Waals surface area (Å²) in [5.74, 6) is -1.93. The van der Waals surface area contributed by atoms with Crippen molar-refractivity contribution in [3.8, 4) is 5.75 Å². The molecule has 43 heavy (non-hydrogen) atoms. The van der Waals surface area contributed by atoms with E-state index in [1.54, 1.807) is 29.2 Å². The van der Waals surface area contributed by atoms with E-state index < -0.39 is 29.9 Å². The van der Waals surface area contributed by atoms with E-state index in [9.17, 15) is 32.7 Å². The average molecular weight is 610 g/mol. The van der Waals surface area contributed by atoms with Gasteiger partial charge in [-0.1, -0.05) is 32.9 Å². The Balaban J connectivity index is 0.00000506. The van der Waals surface area contributed by atoms with Crippen LogP contribution >= 0.6 is 0 Å². The van der Waals surface area contributed by atoms with E-state index >= 15 is 0 Å². The Hall–Kier alpha value is -2.89. The second-order valence-corrected chi connectivity index (χ2v) is 12.0. The van der Waals surface area contributed by atoms with Gasteiger partial charge < -0.3 is 24.9 Å². The van der Waals surface area contributed by atoms with Gasteiger partial charge in [0.25, 0.3) is 11.8 Å². The Morgan fingerprint density at radius 2 is 1.65 bits per heavy atom. The van der Waals surface area contributed by atoms with Crippen LogP contribution in [0.2, 0.25) is 0 Å². The number of alkyl halides is 3. The second-order valence-electron chi connectivity index (χ2n) is 12.0. The molecule has 0 bridgehead atoms. The number of nitrogens with zero attached hydrogens (tertiary/aromatic N) is 2. The zero-order valence-electron chi connectivity index (χ0n) is 25.1. The zero-order valence-corrected chi connectivity index (χ0v) is 27.1. The molecule has 4 rings (SSSR count). The van der Waals surface area contributed by atoms with Gasteiger partial charge in [0.15, 0.2) is 0 Å². The van der Waals surface area contributed by atoms with Crippen LogP contribution in [0.1, 0.15) is 87.3 Å². The van der Waals surface area contributed by atoms with Crippen LogP contribution in [0.5, 0.6) is 5.75 Å². The molecule has 2 aromatic carbocycles. The average Bonchev–Trinajstić information content (AvgIpc) is 3.18. The molecule has 0 aromatic heterocycles. The van der Waals surface area contributed by atoms with Crippen LogP contribution in [0, 0.1) is 11.3 Å². The number of ether oxygens (including phenoxy) is 1. The molecule has 1 aliphatic carbocycles. The van der Waals surface area contributed by atoms with Gasteiger partial charge in [-0.3, -0.25) is 14.6 Å². The quantitative estimate of drug-likeness (QED) is 0.459. The number of hydrogen-bond acceptors (Lipinski definition) is 6. The molecule has 0 radical (unpaired) electrons. The molecule has 1 atom stereocenters. The molecule has 0 saturated heterocycles. The number of carboxylic acid groups (broad SMARTS) is 1. The third-order valence-corrected chi connectivity index (χ3v) is 8.22. The topological polar surface area (TPSA) is 111 Å². The fourth-order valence-corrected chi connectivity index (χ4v) is 5.89. The maximum atomic E-state index is 14.0. The summed E-state index contributed by atoms with van der Waals surface area (Å²) < 4.78 is 42.0. The van der Waals surface area contributed by atoms with Crippen LogP contribution in [-0.2, 0) is 9.59 Å². The van der Waals surface area contributed by atoms with Gasteiger partial charge in [0.05, 0.1) is 6.04 Å². The van der Waals surface area contributed by atoms with E-state index in [1.807, 2.05) is 6.92 Å². The van der Waals surface area contributed by atoms with Gasteiger partial charge in [0, 0.05) is 30.1 Å². The summed E-state index contributed by atoms with van der Waals surface area (Å²) in [6.07, 6.45) is -2.11. The normalized spacial score (nSPS) is 21.2. The smallest absolute Gasteiger partial charge is 0.550 e. The Morgan fingerprint density at radius 3 is 2.16 bits per heavy atom. The van der Waals surface area contributed by atoms with Crippen molar-refractivity contribution in [3.05, 3.63) is 65.2 Å². The van der Waals surface area contributed by atoms with Crippen molar-refractivity contribution >= 4 is 23.5 Å². The van der Waals surface area contributed by atoms with Gasteiger partial charge in [0.1, 0.15) is 17.1 Å². The summed E-state index contributed by atoms with van der Waals surface area (Å²) in [7, 11) is 0. The SMILES string of the molecule is C[C@H](c1ccc(C(=O)NCCC(=O)[O-])cc1)N1C(=O)C(c2ccc(OC(F)(F)F)cc2)=NC12CCC(C(C)(C)C)CC2.[Na+]. The van der Waals surface area contributed by atoms with Gasteiger partial charge >= 0.3 is 35.9 Å². The van der Waals surface area contributed by atoms with E-state index in [1.165, 1.54) is 24.3 Å². The molecule has 1 N–H and O–H groups in total. The number of aliphatic carboxylic acids is 1. The first-order chi connectivity index (χ1) is 19.6. The number of aliphatic imine (C=N–C) groups is 1. The predicted octanol–water partition coefficient (Wildman–Crippen LogP) is 1.78. The van der Waals surface area contributed by atoms with Crippen LogP contribution in [0.25, 0.3) is 0 Å². The standard InChI is InChI=1S/C31H36F3N3O5.Na/c1-19(20-5-7-22(8-6-20)27(40)35-18-15-25(38)39)37-28(41)26(21-9-11-24(12-10-21)42-31(32,33)34)36-30(37)16-13-23(14-17-30)29(2,3)4;/h5-12,19,23H,13-18H2,1-4H3,(H,35,40)(H,38,39);/q;+1/p-1/t19-,23?,30?;/m1./s1. The monoisotopic (exact) mass is 609 g/mol. The zero-order chi connectivity index (χ0) is 30.9. The molecule has 0 unspecified atom stereocenters. The molecule has 1 spiro atoms. The van der Waals surface area contributed by atoms with Crippen molar-refractivity contribution in [2.24, 2.45) is 16.3 Å². The maximum Gasteiger partial charge on any atom is 1.00 e. The number of carbonyl (C=O) groups excluding carboxylic acids is 3. The number of hydrogen-bond donors (Lipinski definition) is 1. The number of carbonyl (C=O) groups is 3. The molecule has 1 aliphatic heterocycles. The molecule has 8 nitrogen and oxygen atoms in total. The Morgan fingerprint density at radius 1 is 1.07 bits per heavy atom. The summed E-state index contributed by atoms with van der Waals surface area (Å²) in [4.78, 5) is 43.8. The molecule has 1 saturated carbocycles. The number of nitrogens with one attached hydrogen (secondary N) is 1. The molecule has 12 heteroatoms. The number of carboxylic acids is 1. The third-order valence-electron chi connectivity index (χ3n) is 8.22. The molecule has 1 heterocycles. The summed E-state index contributed by atoms with van der Waals surface area (Å²) in [6, 6.07) is 11.5. The number of halogens is 3. The molecule has 2 aromatic rings. The minimum absolute atomic E-state index is 0. The van der Waals surface area contributed by atoms with Gasteiger partial charge in [-0.05, 0) is 85.9 Å².